The topological polar surface area (TPSA) is 0 Å². The summed E-state index contributed by atoms with van der Waals surface area (Å²) in [5.74, 6) is 0.423. The third-order valence-electron chi connectivity index (χ3n) is 5.54. The van der Waals surface area contributed by atoms with Crippen LogP contribution in [0.1, 0.15) is 24.0 Å². The fourth-order valence-corrected chi connectivity index (χ4v) is 4.12. The van der Waals surface area contributed by atoms with Crippen molar-refractivity contribution in [2.45, 2.75) is 12.8 Å². The molecular formula is C26H20. The standard InChI is InChI=1S/C26H20/c1-18-25-16-21(19-8-4-2-5-9-19)12-14-23(25)24-15-13-22(17-26(18)24)20-10-6-3-7-11-20/h2-18H,1H3. The van der Waals surface area contributed by atoms with Crippen LogP contribution in [-0.2, 0) is 0 Å². The summed E-state index contributed by atoms with van der Waals surface area (Å²) in [6.07, 6.45) is 0. The molecule has 0 aliphatic heterocycles. The smallest absolute Gasteiger partial charge is 0.00737 e. The van der Waals surface area contributed by atoms with Crippen LogP contribution in [-0.4, -0.2) is 0 Å². The molecule has 4 aromatic carbocycles. The van der Waals surface area contributed by atoms with Gasteiger partial charge in [0.1, 0.15) is 0 Å². The zero-order valence-corrected chi connectivity index (χ0v) is 14.8. The molecule has 0 nitrogen and oxygen atoms in total. The first kappa shape index (κ1) is 15.2. The summed E-state index contributed by atoms with van der Waals surface area (Å²) >= 11 is 0. The van der Waals surface area contributed by atoms with E-state index in [1.165, 1.54) is 44.5 Å². The van der Waals surface area contributed by atoms with E-state index in [0.29, 0.717) is 5.92 Å². The van der Waals surface area contributed by atoms with E-state index in [9.17, 15) is 0 Å². The summed E-state index contributed by atoms with van der Waals surface area (Å²) in [5, 5.41) is 0. The first-order valence-electron chi connectivity index (χ1n) is 9.20. The Labute approximate surface area is 154 Å². The van der Waals surface area contributed by atoms with Crippen LogP contribution in [0.4, 0.5) is 0 Å². The normalized spacial score (nSPS) is 12.7. The highest BCUT2D eigenvalue weighted by atomic mass is 14.3. The van der Waals surface area contributed by atoms with Crippen molar-refractivity contribution in [1.29, 1.82) is 0 Å². The van der Waals surface area contributed by atoms with Gasteiger partial charge in [-0.1, -0.05) is 91.9 Å². The second-order valence-corrected chi connectivity index (χ2v) is 7.06. The molecule has 0 unspecified atom stereocenters. The fraction of sp³-hybridized carbons (Fsp3) is 0.0769. The van der Waals surface area contributed by atoms with Crippen molar-refractivity contribution in [2.75, 3.05) is 0 Å². The lowest BCUT2D eigenvalue weighted by atomic mass is 9.94. The molecule has 0 saturated heterocycles. The van der Waals surface area contributed by atoms with Gasteiger partial charge in [-0.2, -0.15) is 0 Å². The molecule has 0 heterocycles. The summed E-state index contributed by atoms with van der Waals surface area (Å²) in [6, 6.07) is 35.1. The summed E-state index contributed by atoms with van der Waals surface area (Å²) < 4.78 is 0. The Morgan fingerprint density at radius 3 is 1.31 bits per heavy atom. The number of benzene rings is 4. The van der Waals surface area contributed by atoms with Crippen LogP contribution in [0.2, 0.25) is 0 Å². The minimum atomic E-state index is 0.423. The summed E-state index contributed by atoms with van der Waals surface area (Å²) in [7, 11) is 0. The number of rotatable bonds is 2. The van der Waals surface area contributed by atoms with Gasteiger partial charge in [0.05, 0.1) is 0 Å². The van der Waals surface area contributed by atoms with Crippen molar-refractivity contribution in [3.63, 3.8) is 0 Å². The molecule has 1 aliphatic carbocycles. The largest absolute Gasteiger partial charge is 0.0622 e. The van der Waals surface area contributed by atoms with Crippen LogP contribution < -0.4 is 0 Å². The van der Waals surface area contributed by atoms with Gasteiger partial charge < -0.3 is 0 Å². The van der Waals surface area contributed by atoms with Gasteiger partial charge in [-0.05, 0) is 56.6 Å². The van der Waals surface area contributed by atoms with Gasteiger partial charge >= 0.3 is 0 Å². The van der Waals surface area contributed by atoms with Crippen molar-refractivity contribution in [3.8, 4) is 33.4 Å². The Balaban J connectivity index is 1.60. The summed E-state index contributed by atoms with van der Waals surface area (Å²) in [6.45, 7) is 2.33. The molecule has 0 aromatic heterocycles. The number of hydrogen-bond acceptors (Lipinski definition) is 0. The lowest BCUT2D eigenvalue weighted by Crippen LogP contribution is -1.91. The molecule has 0 bridgehead atoms. The monoisotopic (exact) mass is 332 g/mol. The fourth-order valence-electron chi connectivity index (χ4n) is 4.12. The van der Waals surface area contributed by atoms with E-state index in [0.717, 1.165) is 0 Å². The van der Waals surface area contributed by atoms with Crippen molar-refractivity contribution in [3.05, 3.63) is 108 Å². The molecule has 4 aromatic rings. The van der Waals surface area contributed by atoms with Crippen LogP contribution in [0.5, 0.6) is 0 Å². The molecular weight excluding hydrogens is 312 g/mol. The molecule has 0 spiro atoms. The minimum absolute atomic E-state index is 0.423. The quantitative estimate of drug-likeness (QED) is 0.365. The highest BCUT2D eigenvalue weighted by Crippen LogP contribution is 2.47. The van der Waals surface area contributed by atoms with Crippen molar-refractivity contribution in [2.24, 2.45) is 0 Å². The second kappa shape index (κ2) is 6.00. The average molecular weight is 332 g/mol. The Morgan fingerprint density at radius 2 is 0.885 bits per heavy atom. The molecule has 0 amide bonds. The zero-order valence-electron chi connectivity index (χ0n) is 14.8. The SMILES string of the molecule is CC1c2cc(-c3ccccc3)ccc2-c2ccc(-c3ccccc3)cc21. The van der Waals surface area contributed by atoms with Crippen LogP contribution in [0.3, 0.4) is 0 Å². The van der Waals surface area contributed by atoms with Gasteiger partial charge in [-0.25, -0.2) is 0 Å². The predicted molar refractivity (Wildman–Crippen MR) is 110 cm³/mol. The van der Waals surface area contributed by atoms with Crippen LogP contribution in [0.25, 0.3) is 33.4 Å². The van der Waals surface area contributed by atoms with Crippen LogP contribution in [0, 0.1) is 0 Å². The molecule has 26 heavy (non-hydrogen) atoms. The maximum atomic E-state index is 2.37. The number of hydrogen-bond donors (Lipinski definition) is 0. The van der Waals surface area contributed by atoms with Crippen molar-refractivity contribution in [1.82, 2.24) is 0 Å². The van der Waals surface area contributed by atoms with Crippen LogP contribution in [0.15, 0.2) is 97.1 Å². The molecule has 0 fully saturated rings. The third kappa shape index (κ3) is 2.38. The van der Waals surface area contributed by atoms with E-state index in [1.54, 1.807) is 0 Å². The molecule has 5 rings (SSSR count). The summed E-state index contributed by atoms with van der Waals surface area (Å²) in [4.78, 5) is 0. The summed E-state index contributed by atoms with van der Waals surface area (Å²) in [5.41, 5.74) is 10.8. The van der Waals surface area contributed by atoms with E-state index in [-0.39, 0.29) is 0 Å². The Kier molecular flexibility index (Phi) is 3.50. The van der Waals surface area contributed by atoms with Gasteiger partial charge in [0.25, 0.3) is 0 Å². The van der Waals surface area contributed by atoms with Gasteiger partial charge in [0.2, 0.25) is 0 Å². The predicted octanol–water partition coefficient (Wildman–Crippen LogP) is 7.15. The lowest BCUT2D eigenvalue weighted by molar-refractivity contribution is 0.957. The van der Waals surface area contributed by atoms with E-state index >= 15 is 0 Å². The van der Waals surface area contributed by atoms with E-state index in [2.05, 4.69) is 104 Å². The van der Waals surface area contributed by atoms with Crippen LogP contribution >= 0.6 is 0 Å². The highest BCUT2D eigenvalue weighted by Gasteiger charge is 2.26. The van der Waals surface area contributed by atoms with Gasteiger partial charge in [0, 0.05) is 5.92 Å². The average Bonchev–Trinajstić information content (AvgIpc) is 3.01. The van der Waals surface area contributed by atoms with Crippen molar-refractivity contribution >= 4 is 0 Å². The minimum Gasteiger partial charge on any atom is -0.0622 e. The van der Waals surface area contributed by atoms with Crippen molar-refractivity contribution < 1.29 is 0 Å². The van der Waals surface area contributed by atoms with Gasteiger partial charge in [-0.3, -0.25) is 0 Å². The molecule has 0 N–H and O–H groups in total. The maximum absolute atomic E-state index is 2.37. The van der Waals surface area contributed by atoms with Gasteiger partial charge in [0.15, 0.2) is 0 Å². The first-order valence-corrected chi connectivity index (χ1v) is 9.20. The second-order valence-electron chi connectivity index (χ2n) is 7.06. The highest BCUT2D eigenvalue weighted by molar-refractivity contribution is 5.84. The third-order valence-corrected chi connectivity index (χ3v) is 5.54. The molecule has 1 aliphatic rings. The molecule has 124 valence electrons. The lowest BCUT2D eigenvalue weighted by Gasteiger charge is -2.10. The Hall–Kier alpha value is -3.12. The first-order chi connectivity index (χ1) is 12.8. The van der Waals surface area contributed by atoms with E-state index < -0.39 is 0 Å². The van der Waals surface area contributed by atoms with Gasteiger partial charge in [-0.15, -0.1) is 0 Å². The maximum Gasteiger partial charge on any atom is 0.00737 e. The zero-order chi connectivity index (χ0) is 17.5. The van der Waals surface area contributed by atoms with E-state index in [1.807, 2.05) is 0 Å². The number of fused-ring (bicyclic) bond motifs is 3. The molecule has 0 atom stereocenters. The van der Waals surface area contributed by atoms with E-state index in [4.69, 9.17) is 0 Å². The molecule has 0 heteroatoms. The molecule has 0 saturated carbocycles. The molecule has 0 radical (unpaired) electrons. The Bertz CT molecular complexity index is 987. The Morgan fingerprint density at radius 1 is 0.462 bits per heavy atom.